The van der Waals surface area contributed by atoms with Gasteiger partial charge in [-0.05, 0) is 20.3 Å². The molecule has 7 nitrogen and oxygen atoms in total. The van der Waals surface area contributed by atoms with Gasteiger partial charge in [-0.3, -0.25) is 14.5 Å². The molecular weight excluding hydrogens is 274 g/mol. The van der Waals surface area contributed by atoms with Crippen molar-refractivity contribution in [1.82, 2.24) is 15.0 Å². The predicted octanol–water partition coefficient (Wildman–Crippen LogP) is 0.776. The van der Waals surface area contributed by atoms with Crippen LogP contribution in [0.25, 0.3) is 0 Å². The fraction of sp³-hybridized carbons (Fsp3) is 0.643. The Bertz CT molecular complexity index is 532. The first kappa shape index (κ1) is 15.5. The molecule has 1 fully saturated rings. The van der Waals surface area contributed by atoms with Gasteiger partial charge in [0.05, 0.1) is 5.69 Å². The molecule has 1 N–H and O–H groups in total. The van der Waals surface area contributed by atoms with Gasteiger partial charge < -0.3 is 14.5 Å². The van der Waals surface area contributed by atoms with Crippen molar-refractivity contribution in [3.63, 3.8) is 0 Å². The van der Waals surface area contributed by atoms with Crippen LogP contribution in [0.15, 0.2) is 4.52 Å². The second-order valence-electron chi connectivity index (χ2n) is 5.26. The van der Waals surface area contributed by atoms with Gasteiger partial charge in [0.25, 0.3) is 5.91 Å². The Hall–Kier alpha value is -1.89. The van der Waals surface area contributed by atoms with Crippen molar-refractivity contribution in [3.05, 3.63) is 17.0 Å². The minimum absolute atomic E-state index is 0.0757. The quantitative estimate of drug-likeness (QED) is 0.883. The van der Waals surface area contributed by atoms with Crippen molar-refractivity contribution in [2.24, 2.45) is 0 Å². The summed E-state index contributed by atoms with van der Waals surface area (Å²) in [4.78, 5) is 27.2. The number of hydrogen-bond acceptors (Lipinski definition) is 5. The van der Waals surface area contributed by atoms with Gasteiger partial charge in [-0.2, -0.15) is 0 Å². The van der Waals surface area contributed by atoms with Crippen molar-refractivity contribution in [2.45, 2.75) is 33.2 Å². The second-order valence-corrected chi connectivity index (χ2v) is 5.26. The van der Waals surface area contributed by atoms with E-state index in [2.05, 4.69) is 5.16 Å². The van der Waals surface area contributed by atoms with E-state index in [0.29, 0.717) is 49.6 Å². The Labute approximate surface area is 123 Å². The first-order valence-corrected chi connectivity index (χ1v) is 7.17. The molecule has 1 unspecified atom stereocenters. The fourth-order valence-corrected chi connectivity index (χ4v) is 2.56. The van der Waals surface area contributed by atoms with E-state index in [9.17, 15) is 9.59 Å². The number of hydrogen-bond donors (Lipinski definition) is 1. The zero-order valence-corrected chi connectivity index (χ0v) is 12.6. The average molecular weight is 295 g/mol. The minimum Gasteiger partial charge on any atom is -0.480 e. The van der Waals surface area contributed by atoms with Crippen molar-refractivity contribution < 1.29 is 19.2 Å². The Kier molecular flexibility index (Phi) is 4.62. The van der Waals surface area contributed by atoms with Crippen LogP contribution in [0.1, 0.15) is 35.7 Å². The molecule has 0 aromatic carbocycles. The summed E-state index contributed by atoms with van der Waals surface area (Å²) in [5, 5.41) is 12.9. The molecule has 0 bridgehead atoms. The number of carboxylic acid groups (broad SMARTS) is 1. The molecule has 21 heavy (non-hydrogen) atoms. The highest BCUT2D eigenvalue weighted by atomic mass is 16.5. The van der Waals surface area contributed by atoms with Crippen LogP contribution in [-0.2, 0) is 11.2 Å². The number of rotatable bonds is 4. The molecule has 1 aliphatic rings. The van der Waals surface area contributed by atoms with E-state index in [4.69, 9.17) is 9.63 Å². The maximum Gasteiger partial charge on any atom is 0.320 e. The van der Waals surface area contributed by atoms with Gasteiger partial charge in [-0.25, -0.2) is 0 Å². The SMILES string of the molecule is CCc1noc(C)c1C(=O)N1CCN(C(C)C(=O)O)CC1. The molecule has 7 heteroatoms. The standard InChI is InChI=1S/C14H21N3O4/c1-4-11-12(10(3)21-15-11)13(18)17-7-5-16(6-8-17)9(2)14(19)20/h9H,4-8H2,1-3H3,(H,19,20). The Morgan fingerprint density at radius 2 is 1.95 bits per heavy atom. The van der Waals surface area contributed by atoms with Gasteiger partial charge in [-0.1, -0.05) is 12.1 Å². The minimum atomic E-state index is -0.835. The maximum absolute atomic E-state index is 12.6. The van der Waals surface area contributed by atoms with E-state index in [1.165, 1.54) is 0 Å². The van der Waals surface area contributed by atoms with Gasteiger partial charge in [0, 0.05) is 26.2 Å². The summed E-state index contributed by atoms with van der Waals surface area (Å²) in [7, 11) is 0. The Balaban J connectivity index is 2.03. The third-order valence-electron chi connectivity index (χ3n) is 3.99. The number of carbonyl (C=O) groups excluding carboxylic acids is 1. The van der Waals surface area contributed by atoms with Gasteiger partial charge in [0.2, 0.25) is 0 Å². The molecule has 0 aliphatic carbocycles. The highest BCUT2D eigenvalue weighted by Crippen LogP contribution is 2.18. The van der Waals surface area contributed by atoms with E-state index in [-0.39, 0.29) is 5.91 Å². The summed E-state index contributed by atoms with van der Waals surface area (Å²) in [5.74, 6) is -0.371. The summed E-state index contributed by atoms with van der Waals surface area (Å²) in [6.45, 7) is 7.49. The molecule has 0 spiro atoms. The van der Waals surface area contributed by atoms with E-state index in [1.807, 2.05) is 11.8 Å². The van der Waals surface area contributed by atoms with Crippen molar-refractivity contribution in [2.75, 3.05) is 26.2 Å². The van der Waals surface area contributed by atoms with Crippen LogP contribution >= 0.6 is 0 Å². The van der Waals surface area contributed by atoms with Crippen LogP contribution in [0.4, 0.5) is 0 Å². The van der Waals surface area contributed by atoms with Crippen LogP contribution in [-0.4, -0.2) is 64.2 Å². The normalized spacial score (nSPS) is 17.8. The van der Waals surface area contributed by atoms with E-state index < -0.39 is 12.0 Å². The lowest BCUT2D eigenvalue weighted by Gasteiger charge is -2.36. The summed E-state index contributed by atoms with van der Waals surface area (Å²) in [6.07, 6.45) is 0.647. The number of aliphatic carboxylic acids is 1. The molecular formula is C14H21N3O4. The predicted molar refractivity (Wildman–Crippen MR) is 75.2 cm³/mol. The van der Waals surface area contributed by atoms with E-state index >= 15 is 0 Å². The van der Waals surface area contributed by atoms with Gasteiger partial charge in [0.1, 0.15) is 17.4 Å². The third-order valence-corrected chi connectivity index (χ3v) is 3.99. The number of aromatic nitrogens is 1. The van der Waals surface area contributed by atoms with Crippen molar-refractivity contribution >= 4 is 11.9 Å². The lowest BCUT2D eigenvalue weighted by molar-refractivity contribution is -0.143. The monoisotopic (exact) mass is 295 g/mol. The summed E-state index contributed by atoms with van der Waals surface area (Å²) >= 11 is 0. The van der Waals surface area contributed by atoms with Crippen LogP contribution in [0.5, 0.6) is 0 Å². The number of piperazine rings is 1. The highest BCUT2D eigenvalue weighted by Gasteiger charge is 2.30. The Morgan fingerprint density at radius 1 is 1.33 bits per heavy atom. The molecule has 0 radical (unpaired) electrons. The van der Waals surface area contributed by atoms with Crippen LogP contribution in [0.2, 0.25) is 0 Å². The first-order chi connectivity index (χ1) is 9.95. The number of aryl methyl sites for hydroxylation is 2. The summed E-state index contributed by atoms with van der Waals surface area (Å²) in [6, 6.07) is -0.522. The molecule has 1 atom stereocenters. The second kappa shape index (κ2) is 6.26. The maximum atomic E-state index is 12.6. The molecule has 1 aromatic heterocycles. The average Bonchev–Trinajstić information content (AvgIpc) is 2.86. The number of amides is 1. The number of carbonyl (C=O) groups is 2. The third kappa shape index (κ3) is 3.07. The molecule has 1 amide bonds. The fourth-order valence-electron chi connectivity index (χ4n) is 2.56. The lowest BCUT2D eigenvalue weighted by atomic mass is 10.1. The van der Waals surface area contributed by atoms with Gasteiger partial charge >= 0.3 is 5.97 Å². The van der Waals surface area contributed by atoms with Crippen LogP contribution in [0, 0.1) is 6.92 Å². The first-order valence-electron chi connectivity index (χ1n) is 7.17. The largest absolute Gasteiger partial charge is 0.480 e. The summed E-state index contributed by atoms with van der Waals surface area (Å²) < 4.78 is 5.10. The molecule has 116 valence electrons. The molecule has 2 heterocycles. The van der Waals surface area contributed by atoms with Gasteiger partial charge in [0.15, 0.2) is 0 Å². The number of nitrogens with zero attached hydrogens (tertiary/aromatic N) is 3. The molecule has 1 saturated heterocycles. The Morgan fingerprint density at radius 3 is 2.48 bits per heavy atom. The zero-order chi connectivity index (χ0) is 15.6. The smallest absolute Gasteiger partial charge is 0.320 e. The topological polar surface area (TPSA) is 86.9 Å². The van der Waals surface area contributed by atoms with E-state index in [1.54, 1.807) is 18.7 Å². The molecule has 1 aromatic rings. The zero-order valence-electron chi connectivity index (χ0n) is 12.6. The highest BCUT2D eigenvalue weighted by molar-refractivity contribution is 5.96. The van der Waals surface area contributed by atoms with Gasteiger partial charge in [-0.15, -0.1) is 0 Å². The number of carboxylic acids is 1. The lowest BCUT2D eigenvalue weighted by Crippen LogP contribution is -2.53. The van der Waals surface area contributed by atoms with Crippen LogP contribution in [0.3, 0.4) is 0 Å². The molecule has 0 saturated carbocycles. The molecule has 1 aliphatic heterocycles. The van der Waals surface area contributed by atoms with Crippen molar-refractivity contribution in [3.8, 4) is 0 Å². The molecule has 2 rings (SSSR count). The van der Waals surface area contributed by atoms with Crippen molar-refractivity contribution in [1.29, 1.82) is 0 Å². The van der Waals surface area contributed by atoms with Crippen LogP contribution < -0.4 is 0 Å². The van der Waals surface area contributed by atoms with E-state index in [0.717, 1.165) is 0 Å². The summed E-state index contributed by atoms with van der Waals surface area (Å²) in [5.41, 5.74) is 1.23.